The Morgan fingerprint density at radius 3 is 2.75 bits per heavy atom. The molecular weight excluding hydrogens is 271 g/mol. The Morgan fingerprint density at radius 1 is 1.35 bits per heavy atom. The van der Waals surface area contributed by atoms with Crippen LogP contribution in [0.15, 0.2) is 4.52 Å². The molecule has 1 aliphatic rings. The molecule has 0 radical (unpaired) electrons. The maximum atomic E-state index is 12.8. The highest BCUT2D eigenvalue weighted by molar-refractivity contribution is 4.97. The first-order chi connectivity index (χ1) is 9.36. The highest BCUT2D eigenvalue weighted by Gasteiger charge is 2.43. The maximum absolute atomic E-state index is 12.8. The van der Waals surface area contributed by atoms with Gasteiger partial charge in [0.05, 0.1) is 12.5 Å². The van der Waals surface area contributed by atoms with Gasteiger partial charge in [-0.05, 0) is 19.3 Å². The summed E-state index contributed by atoms with van der Waals surface area (Å²) in [6.45, 7) is 4.46. The summed E-state index contributed by atoms with van der Waals surface area (Å²) in [7, 11) is 0. The molecule has 7 heteroatoms. The number of nitrogens with zero attached hydrogens (tertiary/aromatic N) is 2. The van der Waals surface area contributed by atoms with Crippen LogP contribution in [0.3, 0.4) is 0 Å². The fraction of sp³-hybridized carbons (Fsp3) is 0.846. The zero-order chi connectivity index (χ0) is 14.8. The van der Waals surface area contributed by atoms with Gasteiger partial charge in [-0.2, -0.15) is 18.2 Å². The normalized spacial score (nSPS) is 24.3. The molecule has 1 aliphatic carbocycles. The van der Waals surface area contributed by atoms with Crippen LogP contribution in [0.1, 0.15) is 57.2 Å². The molecule has 2 rings (SSSR count). The molecule has 20 heavy (non-hydrogen) atoms. The van der Waals surface area contributed by atoms with E-state index in [-0.39, 0.29) is 18.8 Å². The number of halogens is 3. The second-order valence-corrected chi connectivity index (χ2v) is 5.69. The lowest BCUT2D eigenvalue weighted by Crippen LogP contribution is -2.28. The number of nitrogens with one attached hydrogen (secondary N) is 1. The lowest BCUT2D eigenvalue weighted by molar-refractivity contribution is -0.183. The van der Waals surface area contributed by atoms with Gasteiger partial charge in [0, 0.05) is 12.0 Å². The quantitative estimate of drug-likeness (QED) is 0.923. The first-order valence-electron chi connectivity index (χ1n) is 6.99. The molecular formula is C13H20F3N3O. The fourth-order valence-electron chi connectivity index (χ4n) is 2.51. The van der Waals surface area contributed by atoms with Crippen molar-refractivity contribution in [2.24, 2.45) is 5.92 Å². The van der Waals surface area contributed by atoms with Crippen LogP contribution in [0.25, 0.3) is 0 Å². The zero-order valence-electron chi connectivity index (χ0n) is 11.7. The Morgan fingerprint density at radius 2 is 2.10 bits per heavy atom. The molecule has 0 bridgehead atoms. The van der Waals surface area contributed by atoms with E-state index in [1.165, 1.54) is 0 Å². The first-order valence-corrected chi connectivity index (χ1v) is 6.99. The van der Waals surface area contributed by atoms with Crippen molar-refractivity contribution in [3.63, 3.8) is 0 Å². The van der Waals surface area contributed by atoms with E-state index >= 15 is 0 Å². The van der Waals surface area contributed by atoms with Gasteiger partial charge in [-0.1, -0.05) is 25.4 Å². The fourth-order valence-corrected chi connectivity index (χ4v) is 2.51. The first kappa shape index (κ1) is 15.3. The molecule has 0 saturated heterocycles. The monoisotopic (exact) mass is 291 g/mol. The molecule has 4 nitrogen and oxygen atoms in total. The van der Waals surface area contributed by atoms with Crippen LogP contribution in [-0.4, -0.2) is 22.4 Å². The third-order valence-electron chi connectivity index (χ3n) is 3.64. The minimum atomic E-state index is -4.12. The SMILES string of the molecule is CC(C)NCc1noc(C2CCCC(C(F)(F)F)C2)n1. The minimum Gasteiger partial charge on any atom is -0.339 e. The molecule has 2 unspecified atom stereocenters. The number of aromatic nitrogens is 2. The van der Waals surface area contributed by atoms with Crippen molar-refractivity contribution < 1.29 is 17.7 Å². The molecule has 0 amide bonds. The summed E-state index contributed by atoms with van der Waals surface area (Å²) in [5.74, 6) is -0.664. The van der Waals surface area contributed by atoms with Gasteiger partial charge in [0.1, 0.15) is 0 Å². The van der Waals surface area contributed by atoms with Crippen LogP contribution in [0.5, 0.6) is 0 Å². The van der Waals surface area contributed by atoms with E-state index in [0.29, 0.717) is 37.1 Å². The Bertz CT molecular complexity index is 431. The van der Waals surface area contributed by atoms with Gasteiger partial charge in [0.25, 0.3) is 0 Å². The second-order valence-electron chi connectivity index (χ2n) is 5.69. The van der Waals surface area contributed by atoms with Crippen LogP contribution in [0.2, 0.25) is 0 Å². The predicted molar refractivity (Wildman–Crippen MR) is 67.0 cm³/mol. The van der Waals surface area contributed by atoms with Gasteiger partial charge >= 0.3 is 6.18 Å². The zero-order valence-corrected chi connectivity index (χ0v) is 11.7. The van der Waals surface area contributed by atoms with Crippen LogP contribution in [0.4, 0.5) is 13.2 Å². The van der Waals surface area contributed by atoms with Gasteiger partial charge in [-0.15, -0.1) is 0 Å². The Kier molecular flexibility index (Phi) is 4.67. The van der Waals surface area contributed by atoms with Gasteiger partial charge in [0.2, 0.25) is 5.89 Å². The molecule has 1 aromatic rings. The Hall–Kier alpha value is -1.11. The predicted octanol–water partition coefficient (Wildman–Crippen LogP) is 3.40. The van der Waals surface area contributed by atoms with Crippen molar-refractivity contribution in [2.45, 2.75) is 64.2 Å². The molecule has 1 aromatic heterocycles. The topological polar surface area (TPSA) is 51.0 Å². The molecule has 1 N–H and O–H groups in total. The molecule has 114 valence electrons. The number of hydrogen-bond acceptors (Lipinski definition) is 4. The van der Waals surface area contributed by atoms with Gasteiger partial charge in [-0.25, -0.2) is 0 Å². The van der Waals surface area contributed by atoms with Crippen LogP contribution in [-0.2, 0) is 6.54 Å². The van der Waals surface area contributed by atoms with E-state index in [1.807, 2.05) is 13.8 Å². The number of alkyl halides is 3. The third-order valence-corrected chi connectivity index (χ3v) is 3.64. The summed E-state index contributed by atoms with van der Waals surface area (Å²) < 4.78 is 43.4. The standard InChI is InChI=1S/C13H20F3N3O/c1-8(2)17-7-11-18-12(20-19-11)9-4-3-5-10(6-9)13(14,15)16/h8-10,17H,3-7H2,1-2H3. The molecule has 1 heterocycles. The van der Waals surface area contributed by atoms with Crippen molar-refractivity contribution in [1.82, 2.24) is 15.5 Å². The maximum Gasteiger partial charge on any atom is 0.391 e. The molecule has 2 atom stereocenters. The lowest BCUT2D eigenvalue weighted by Gasteiger charge is -2.28. The Balaban J connectivity index is 1.97. The van der Waals surface area contributed by atoms with Crippen LogP contribution < -0.4 is 5.32 Å². The van der Waals surface area contributed by atoms with Crippen LogP contribution in [0, 0.1) is 5.92 Å². The summed E-state index contributed by atoms with van der Waals surface area (Å²) in [4.78, 5) is 4.21. The van der Waals surface area contributed by atoms with Crippen molar-refractivity contribution >= 4 is 0 Å². The average molecular weight is 291 g/mol. The average Bonchev–Trinajstić information content (AvgIpc) is 2.84. The third kappa shape index (κ3) is 3.94. The lowest BCUT2D eigenvalue weighted by atomic mass is 9.81. The summed E-state index contributed by atoms with van der Waals surface area (Å²) in [6, 6.07) is 0.293. The van der Waals surface area contributed by atoms with Gasteiger partial charge < -0.3 is 9.84 Å². The summed E-state index contributed by atoms with van der Waals surface area (Å²) in [6.07, 6.45) is -2.62. The largest absolute Gasteiger partial charge is 0.391 e. The molecule has 0 spiro atoms. The molecule has 1 saturated carbocycles. The minimum absolute atomic E-state index is 0.0583. The van der Waals surface area contributed by atoms with Crippen molar-refractivity contribution in [1.29, 1.82) is 0 Å². The second kappa shape index (κ2) is 6.11. The molecule has 0 aliphatic heterocycles. The molecule has 0 aromatic carbocycles. The van der Waals surface area contributed by atoms with Crippen LogP contribution >= 0.6 is 0 Å². The summed E-state index contributed by atoms with van der Waals surface area (Å²) in [5, 5.41) is 6.97. The summed E-state index contributed by atoms with van der Waals surface area (Å²) >= 11 is 0. The molecule has 1 fully saturated rings. The smallest absolute Gasteiger partial charge is 0.339 e. The van der Waals surface area contributed by atoms with E-state index in [4.69, 9.17) is 4.52 Å². The van der Waals surface area contributed by atoms with Crippen molar-refractivity contribution in [3.8, 4) is 0 Å². The highest BCUT2D eigenvalue weighted by Crippen LogP contribution is 2.43. The Labute approximate surface area is 116 Å². The van der Waals surface area contributed by atoms with Crippen molar-refractivity contribution in [3.05, 3.63) is 11.7 Å². The van der Waals surface area contributed by atoms with Gasteiger partial charge in [0.15, 0.2) is 5.82 Å². The van der Waals surface area contributed by atoms with E-state index < -0.39 is 12.1 Å². The highest BCUT2D eigenvalue weighted by atomic mass is 19.4. The van der Waals surface area contributed by atoms with E-state index in [0.717, 1.165) is 0 Å². The van der Waals surface area contributed by atoms with Gasteiger partial charge in [-0.3, -0.25) is 0 Å². The summed E-state index contributed by atoms with van der Waals surface area (Å²) in [5.41, 5.74) is 0. The van der Waals surface area contributed by atoms with E-state index in [2.05, 4.69) is 15.5 Å². The van der Waals surface area contributed by atoms with E-state index in [1.54, 1.807) is 0 Å². The van der Waals surface area contributed by atoms with E-state index in [9.17, 15) is 13.2 Å². The van der Waals surface area contributed by atoms with Crippen molar-refractivity contribution in [2.75, 3.05) is 0 Å². The number of rotatable bonds is 4. The number of hydrogen-bond donors (Lipinski definition) is 1.